The lowest BCUT2D eigenvalue weighted by Gasteiger charge is -2.12. The largest absolute Gasteiger partial charge is 0.324 e. The lowest BCUT2D eigenvalue weighted by molar-refractivity contribution is 0.619. The Kier molecular flexibility index (Phi) is 4.11. The molecule has 2 rings (SSSR count). The number of hydrogen-bond acceptors (Lipinski definition) is 1. The molecule has 0 amide bonds. The molecule has 1 nitrogen and oxygen atoms in total. The summed E-state index contributed by atoms with van der Waals surface area (Å²) in [6.45, 7) is 2.08. The van der Waals surface area contributed by atoms with E-state index in [1.165, 1.54) is 23.3 Å². The fraction of sp³-hybridized carbons (Fsp3) is 0.250. The molecule has 0 fully saturated rings. The highest BCUT2D eigenvalue weighted by molar-refractivity contribution is 5.23. The molecule has 0 aromatic heterocycles. The van der Waals surface area contributed by atoms with Crippen LogP contribution in [-0.2, 0) is 6.42 Å². The first-order valence-corrected chi connectivity index (χ1v) is 6.22. The fourth-order valence-electron chi connectivity index (χ4n) is 1.95. The van der Waals surface area contributed by atoms with Gasteiger partial charge in [-0.05, 0) is 43.0 Å². The molecule has 0 spiro atoms. The topological polar surface area (TPSA) is 26.0 Å². The second-order valence-corrected chi connectivity index (χ2v) is 4.68. The molecule has 2 aromatic carbocycles. The van der Waals surface area contributed by atoms with Crippen molar-refractivity contribution in [2.45, 2.75) is 25.8 Å². The third kappa shape index (κ3) is 3.41. The molecule has 2 N–H and O–H groups in total. The van der Waals surface area contributed by atoms with Gasteiger partial charge in [0, 0.05) is 6.04 Å². The Morgan fingerprint density at radius 1 is 1.00 bits per heavy atom. The average molecular weight is 243 g/mol. The first-order valence-electron chi connectivity index (χ1n) is 6.22. The summed E-state index contributed by atoms with van der Waals surface area (Å²) in [5.74, 6) is -0.218. The van der Waals surface area contributed by atoms with Gasteiger partial charge in [0.1, 0.15) is 5.82 Å². The molecule has 0 aliphatic rings. The molecule has 1 atom stereocenters. The number of hydrogen-bond donors (Lipinski definition) is 1. The number of aryl methyl sites for hydroxylation is 2. The van der Waals surface area contributed by atoms with Gasteiger partial charge >= 0.3 is 0 Å². The molecule has 0 aliphatic heterocycles. The standard InChI is InChI=1S/C16H18FN/c1-12-2-4-13(5-3-12)6-11-16(18)14-7-9-15(17)10-8-14/h2-5,7-10,16H,6,11,18H2,1H3. The van der Waals surface area contributed by atoms with Gasteiger partial charge in [0.2, 0.25) is 0 Å². The number of rotatable bonds is 4. The van der Waals surface area contributed by atoms with E-state index >= 15 is 0 Å². The Morgan fingerprint density at radius 3 is 2.22 bits per heavy atom. The summed E-state index contributed by atoms with van der Waals surface area (Å²) in [5, 5.41) is 0. The van der Waals surface area contributed by atoms with Gasteiger partial charge in [0.25, 0.3) is 0 Å². The van der Waals surface area contributed by atoms with Crippen molar-refractivity contribution in [1.82, 2.24) is 0 Å². The maximum Gasteiger partial charge on any atom is 0.123 e. The first-order chi connectivity index (χ1) is 8.65. The maximum absolute atomic E-state index is 12.8. The van der Waals surface area contributed by atoms with E-state index in [9.17, 15) is 4.39 Å². The summed E-state index contributed by atoms with van der Waals surface area (Å²) < 4.78 is 12.8. The highest BCUT2D eigenvalue weighted by atomic mass is 19.1. The van der Waals surface area contributed by atoms with Crippen LogP contribution in [0.5, 0.6) is 0 Å². The van der Waals surface area contributed by atoms with Crippen molar-refractivity contribution in [3.63, 3.8) is 0 Å². The van der Waals surface area contributed by atoms with Crippen LogP contribution in [-0.4, -0.2) is 0 Å². The summed E-state index contributed by atoms with van der Waals surface area (Å²) in [5.41, 5.74) is 9.65. The molecule has 2 heteroatoms. The van der Waals surface area contributed by atoms with Crippen molar-refractivity contribution in [3.8, 4) is 0 Å². The molecule has 1 unspecified atom stereocenters. The van der Waals surface area contributed by atoms with Crippen LogP contribution in [0.4, 0.5) is 4.39 Å². The van der Waals surface area contributed by atoms with Crippen LogP contribution < -0.4 is 5.73 Å². The maximum atomic E-state index is 12.8. The highest BCUT2D eigenvalue weighted by Gasteiger charge is 2.06. The third-order valence-corrected chi connectivity index (χ3v) is 3.16. The van der Waals surface area contributed by atoms with Crippen molar-refractivity contribution in [1.29, 1.82) is 0 Å². The van der Waals surface area contributed by atoms with Crippen LogP contribution in [0.1, 0.15) is 29.2 Å². The zero-order chi connectivity index (χ0) is 13.0. The van der Waals surface area contributed by atoms with Gasteiger partial charge in [-0.3, -0.25) is 0 Å². The van der Waals surface area contributed by atoms with Gasteiger partial charge < -0.3 is 5.73 Å². The summed E-state index contributed by atoms with van der Waals surface area (Å²) in [6.07, 6.45) is 1.81. The normalized spacial score (nSPS) is 12.4. The number of benzene rings is 2. The van der Waals surface area contributed by atoms with Gasteiger partial charge in [0.15, 0.2) is 0 Å². The molecule has 2 aromatic rings. The molecule has 0 heterocycles. The number of nitrogens with two attached hydrogens (primary N) is 1. The summed E-state index contributed by atoms with van der Waals surface area (Å²) in [4.78, 5) is 0. The SMILES string of the molecule is Cc1ccc(CCC(N)c2ccc(F)cc2)cc1. The van der Waals surface area contributed by atoms with Crippen molar-refractivity contribution < 1.29 is 4.39 Å². The molecular weight excluding hydrogens is 225 g/mol. The van der Waals surface area contributed by atoms with E-state index in [0.29, 0.717) is 0 Å². The predicted octanol–water partition coefficient (Wildman–Crippen LogP) is 3.77. The van der Waals surface area contributed by atoms with Crippen molar-refractivity contribution in [2.75, 3.05) is 0 Å². The van der Waals surface area contributed by atoms with Crippen LogP contribution in [0, 0.1) is 12.7 Å². The van der Waals surface area contributed by atoms with Crippen LogP contribution in [0.3, 0.4) is 0 Å². The van der Waals surface area contributed by atoms with Gasteiger partial charge in [-0.1, -0.05) is 42.0 Å². The zero-order valence-corrected chi connectivity index (χ0v) is 10.6. The van der Waals surface area contributed by atoms with E-state index < -0.39 is 0 Å². The lowest BCUT2D eigenvalue weighted by Crippen LogP contribution is -2.11. The second kappa shape index (κ2) is 5.78. The van der Waals surface area contributed by atoms with Gasteiger partial charge in [-0.15, -0.1) is 0 Å². The number of halogens is 1. The minimum absolute atomic E-state index is 0.0353. The van der Waals surface area contributed by atoms with Crippen molar-refractivity contribution in [2.24, 2.45) is 5.73 Å². The monoisotopic (exact) mass is 243 g/mol. The second-order valence-electron chi connectivity index (χ2n) is 4.68. The Balaban J connectivity index is 1.93. The van der Waals surface area contributed by atoms with Gasteiger partial charge in [-0.2, -0.15) is 0 Å². The predicted molar refractivity (Wildman–Crippen MR) is 72.8 cm³/mol. The van der Waals surface area contributed by atoms with E-state index in [-0.39, 0.29) is 11.9 Å². The van der Waals surface area contributed by atoms with Crippen LogP contribution >= 0.6 is 0 Å². The molecule has 0 radical (unpaired) electrons. The molecule has 0 saturated heterocycles. The summed E-state index contributed by atoms with van der Waals surface area (Å²) in [7, 11) is 0. The van der Waals surface area contributed by atoms with Crippen molar-refractivity contribution in [3.05, 3.63) is 71.0 Å². The van der Waals surface area contributed by atoms with Gasteiger partial charge in [0.05, 0.1) is 0 Å². The molecule has 0 saturated carbocycles. The van der Waals surface area contributed by atoms with E-state index in [2.05, 4.69) is 31.2 Å². The highest BCUT2D eigenvalue weighted by Crippen LogP contribution is 2.17. The Morgan fingerprint density at radius 2 is 1.61 bits per heavy atom. The lowest BCUT2D eigenvalue weighted by atomic mass is 9.99. The Hall–Kier alpha value is -1.67. The molecular formula is C16H18FN. The van der Waals surface area contributed by atoms with E-state index in [4.69, 9.17) is 5.73 Å². The van der Waals surface area contributed by atoms with Crippen molar-refractivity contribution >= 4 is 0 Å². The Bertz CT molecular complexity index is 488. The minimum atomic E-state index is -0.218. The van der Waals surface area contributed by atoms with E-state index in [1.807, 2.05) is 0 Å². The van der Waals surface area contributed by atoms with Crippen LogP contribution in [0.25, 0.3) is 0 Å². The first kappa shape index (κ1) is 12.8. The minimum Gasteiger partial charge on any atom is -0.324 e. The molecule has 94 valence electrons. The average Bonchev–Trinajstić information content (AvgIpc) is 2.38. The fourth-order valence-corrected chi connectivity index (χ4v) is 1.95. The van der Waals surface area contributed by atoms with Gasteiger partial charge in [-0.25, -0.2) is 4.39 Å². The smallest absolute Gasteiger partial charge is 0.123 e. The van der Waals surface area contributed by atoms with Crippen LogP contribution in [0.15, 0.2) is 48.5 Å². The van der Waals surface area contributed by atoms with Crippen LogP contribution in [0.2, 0.25) is 0 Å². The summed E-state index contributed by atoms with van der Waals surface area (Å²) >= 11 is 0. The van der Waals surface area contributed by atoms with E-state index in [0.717, 1.165) is 18.4 Å². The molecule has 0 aliphatic carbocycles. The molecule has 0 bridgehead atoms. The quantitative estimate of drug-likeness (QED) is 0.869. The molecule has 18 heavy (non-hydrogen) atoms. The zero-order valence-electron chi connectivity index (χ0n) is 10.6. The Labute approximate surface area is 107 Å². The summed E-state index contributed by atoms with van der Waals surface area (Å²) in [6, 6.07) is 14.9. The third-order valence-electron chi connectivity index (χ3n) is 3.16. The van der Waals surface area contributed by atoms with E-state index in [1.54, 1.807) is 12.1 Å².